The predicted molar refractivity (Wildman–Crippen MR) is 90.6 cm³/mol. The highest BCUT2D eigenvalue weighted by Gasteiger charge is 2.34. The summed E-state index contributed by atoms with van der Waals surface area (Å²) < 4.78 is 0. The van der Waals surface area contributed by atoms with Gasteiger partial charge in [0.25, 0.3) is 11.8 Å². The third kappa shape index (κ3) is 3.55. The van der Waals surface area contributed by atoms with E-state index in [0.29, 0.717) is 30.5 Å². The Morgan fingerprint density at radius 1 is 1.08 bits per heavy atom. The van der Waals surface area contributed by atoms with Crippen molar-refractivity contribution in [3.63, 3.8) is 0 Å². The Morgan fingerprint density at radius 2 is 1.79 bits per heavy atom. The molecule has 1 aliphatic heterocycles. The molecule has 1 N–H and O–H groups in total. The minimum absolute atomic E-state index is 0.0296. The molecule has 24 heavy (non-hydrogen) atoms. The van der Waals surface area contributed by atoms with Gasteiger partial charge in [0, 0.05) is 19.5 Å². The molecule has 5 heteroatoms. The van der Waals surface area contributed by atoms with E-state index in [-0.39, 0.29) is 24.3 Å². The Kier molecular flexibility index (Phi) is 5.08. The highest BCUT2D eigenvalue weighted by Crippen LogP contribution is 2.22. The minimum Gasteiger partial charge on any atom is -0.352 e. The van der Waals surface area contributed by atoms with Crippen LogP contribution in [-0.4, -0.2) is 35.7 Å². The summed E-state index contributed by atoms with van der Waals surface area (Å²) in [4.78, 5) is 37.6. The first-order valence-corrected chi connectivity index (χ1v) is 8.56. The highest BCUT2D eigenvalue weighted by atomic mass is 16.2. The number of rotatable bonds is 6. The zero-order valence-corrected chi connectivity index (χ0v) is 13.7. The van der Waals surface area contributed by atoms with Gasteiger partial charge in [-0.1, -0.05) is 23.8 Å². The topological polar surface area (TPSA) is 66.5 Å². The molecule has 3 rings (SSSR count). The number of carbonyl (C=O) groups excluding carboxylic acids is 3. The van der Waals surface area contributed by atoms with E-state index in [9.17, 15) is 14.4 Å². The van der Waals surface area contributed by atoms with Gasteiger partial charge in [-0.05, 0) is 44.2 Å². The SMILES string of the molecule is O=C(CCCN1C(=O)c2ccccc2C1=O)NCC1=CCCCC1. The van der Waals surface area contributed by atoms with Crippen molar-refractivity contribution in [1.29, 1.82) is 0 Å². The molecule has 1 heterocycles. The van der Waals surface area contributed by atoms with Gasteiger partial charge in [0.2, 0.25) is 5.91 Å². The zero-order chi connectivity index (χ0) is 16.9. The molecule has 1 aromatic carbocycles. The van der Waals surface area contributed by atoms with Crippen molar-refractivity contribution in [3.8, 4) is 0 Å². The fourth-order valence-corrected chi connectivity index (χ4v) is 3.21. The number of hydrogen-bond donors (Lipinski definition) is 1. The van der Waals surface area contributed by atoms with Crippen LogP contribution in [0.3, 0.4) is 0 Å². The molecular weight excluding hydrogens is 304 g/mol. The van der Waals surface area contributed by atoms with Crippen LogP contribution in [0.25, 0.3) is 0 Å². The van der Waals surface area contributed by atoms with Gasteiger partial charge in [0.1, 0.15) is 0 Å². The Hall–Kier alpha value is -2.43. The summed E-state index contributed by atoms with van der Waals surface area (Å²) in [6.45, 7) is 0.897. The minimum atomic E-state index is -0.261. The number of fused-ring (bicyclic) bond motifs is 1. The predicted octanol–water partition coefficient (Wildman–Crippen LogP) is 2.68. The first-order valence-electron chi connectivity index (χ1n) is 8.56. The second kappa shape index (κ2) is 7.43. The van der Waals surface area contributed by atoms with Crippen LogP contribution in [0.5, 0.6) is 0 Å². The Bertz CT molecular complexity index is 659. The summed E-state index contributed by atoms with van der Waals surface area (Å²) in [7, 11) is 0. The standard InChI is InChI=1S/C19H22N2O3/c22-17(20-13-14-7-2-1-3-8-14)11-6-12-21-18(23)15-9-4-5-10-16(15)19(21)24/h4-5,7,9-10H,1-3,6,8,11-13H2,(H,20,22). The number of allylic oxidation sites excluding steroid dienone is 1. The lowest BCUT2D eigenvalue weighted by Gasteiger charge is -2.15. The molecule has 0 saturated heterocycles. The molecule has 2 aliphatic rings. The molecule has 0 aromatic heterocycles. The summed E-state index contributed by atoms with van der Waals surface area (Å²) in [5.41, 5.74) is 2.21. The average molecular weight is 326 g/mol. The van der Waals surface area contributed by atoms with Crippen LogP contribution in [0.2, 0.25) is 0 Å². The van der Waals surface area contributed by atoms with Gasteiger partial charge in [0.15, 0.2) is 0 Å². The van der Waals surface area contributed by atoms with Crippen molar-refractivity contribution in [3.05, 3.63) is 47.0 Å². The molecule has 1 aliphatic carbocycles. The van der Waals surface area contributed by atoms with Gasteiger partial charge in [0.05, 0.1) is 11.1 Å². The number of amides is 3. The quantitative estimate of drug-likeness (QED) is 0.645. The molecule has 0 saturated carbocycles. The van der Waals surface area contributed by atoms with Crippen molar-refractivity contribution >= 4 is 17.7 Å². The smallest absolute Gasteiger partial charge is 0.261 e. The van der Waals surface area contributed by atoms with E-state index < -0.39 is 0 Å². The number of carbonyl (C=O) groups is 3. The maximum Gasteiger partial charge on any atom is 0.261 e. The van der Waals surface area contributed by atoms with Crippen LogP contribution >= 0.6 is 0 Å². The van der Waals surface area contributed by atoms with Crippen molar-refractivity contribution in [1.82, 2.24) is 10.2 Å². The molecule has 0 spiro atoms. The number of nitrogens with one attached hydrogen (secondary N) is 1. The van der Waals surface area contributed by atoms with Gasteiger partial charge in [-0.15, -0.1) is 0 Å². The first-order chi connectivity index (χ1) is 11.7. The van der Waals surface area contributed by atoms with E-state index in [4.69, 9.17) is 0 Å². The molecular formula is C19H22N2O3. The third-order valence-corrected chi connectivity index (χ3v) is 4.56. The van der Waals surface area contributed by atoms with Crippen molar-refractivity contribution in [2.45, 2.75) is 38.5 Å². The highest BCUT2D eigenvalue weighted by molar-refractivity contribution is 6.21. The van der Waals surface area contributed by atoms with Crippen LogP contribution < -0.4 is 5.32 Å². The van der Waals surface area contributed by atoms with Crippen LogP contribution in [0.4, 0.5) is 0 Å². The molecule has 0 fully saturated rings. The fourth-order valence-electron chi connectivity index (χ4n) is 3.21. The van der Waals surface area contributed by atoms with E-state index in [1.165, 1.54) is 23.3 Å². The van der Waals surface area contributed by atoms with Crippen molar-refractivity contribution < 1.29 is 14.4 Å². The van der Waals surface area contributed by atoms with Gasteiger partial charge in [-0.3, -0.25) is 19.3 Å². The van der Waals surface area contributed by atoms with E-state index in [2.05, 4.69) is 11.4 Å². The second-order valence-electron chi connectivity index (χ2n) is 6.30. The summed E-state index contributed by atoms with van der Waals surface area (Å²) in [6, 6.07) is 6.84. The Morgan fingerprint density at radius 3 is 2.42 bits per heavy atom. The number of benzene rings is 1. The largest absolute Gasteiger partial charge is 0.352 e. The zero-order valence-electron chi connectivity index (χ0n) is 13.7. The van der Waals surface area contributed by atoms with Gasteiger partial charge in [-0.25, -0.2) is 0 Å². The number of nitrogens with zero attached hydrogens (tertiary/aromatic N) is 1. The molecule has 0 unspecified atom stereocenters. The number of hydrogen-bond acceptors (Lipinski definition) is 3. The van der Waals surface area contributed by atoms with Gasteiger partial charge in [-0.2, -0.15) is 0 Å². The van der Waals surface area contributed by atoms with Crippen LogP contribution in [-0.2, 0) is 4.79 Å². The van der Waals surface area contributed by atoms with E-state index in [1.807, 2.05) is 0 Å². The molecule has 0 bridgehead atoms. The molecule has 1 aromatic rings. The Balaban J connectivity index is 1.43. The average Bonchev–Trinajstić information content (AvgIpc) is 2.86. The normalized spacial score (nSPS) is 16.8. The van der Waals surface area contributed by atoms with Crippen LogP contribution in [0.1, 0.15) is 59.2 Å². The van der Waals surface area contributed by atoms with Gasteiger partial charge < -0.3 is 5.32 Å². The third-order valence-electron chi connectivity index (χ3n) is 4.56. The first kappa shape index (κ1) is 16.4. The Labute approximate surface area is 141 Å². The molecule has 3 amide bonds. The lowest BCUT2D eigenvalue weighted by atomic mass is 10.00. The molecule has 126 valence electrons. The van der Waals surface area contributed by atoms with Crippen molar-refractivity contribution in [2.75, 3.05) is 13.1 Å². The lowest BCUT2D eigenvalue weighted by Crippen LogP contribution is -2.32. The number of imide groups is 1. The van der Waals surface area contributed by atoms with E-state index >= 15 is 0 Å². The molecule has 0 radical (unpaired) electrons. The maximum absolute atomic E-state index is 12.2. The van der Waals surface area contributed by atoms with Gasteiger partial charge >= 0.3 is 0 Å². The van der Waals surface area contributed by atoms with E-state index in [0.717, 1.165) is 12.8 Å². The van der Waals surface area contributed by atoms with Crippen molar-refractivity contribution in [2.24, 2.45) is 0 Å². The summed E-state index contributed by atoms with van der Waals surface area (Å²) in [5, 5.41) is 2.92. The lowest BCUT2D eigenvalue weighted by molar-refractivity contribution is -0.121. The fraction of sp³-hybridized carbons (Fsp3) is 0.421. The monoisotopic (exact) mass is 326 g/mol. The molecule has 5 nitrogen and oxygen atoms in total. The van der Waals surface area contributed by atoms with E-state index in [1.54, 1.807) is 24.3 Å². The molecule has 0 atom stereocenters. The summed E-state index contributed by atoms with van der Waals surface area (Å²) in [6.07, 6.45) is 7.61. The second-order valence-corrected chi connectivity index (χ2v) is 6.30. The van der Waals surface area contributed by atoms with Crippen LogP contribution in [0, 0.1) is 0 Å². The summed E-state index contributed by atoms with van der Waals surface area (Å²) in [5.74, 6) is -0.551. The maximum atomic E-state index is 12.2. The summed E-state index contributed by atoms with van der Waals surface area (Å²) >= 11 is 0. The van der Waals surface area contributed by atoms with Crippen LogP contribution in [0.15, 0.2) is 35.9 Å².